The summed E-state index contributed by atoms with van der Waals surface area (Å²) >= 11 is 0. The minimum atomic E-state index is -1.04. The summed E-state index contributed by atoms with van der Waals surface area (Å²) in [6, 6.07) is 13.2. The molecule has 0 saturated heterocycles. The predicted octanol–water partition coefficient (Wildman–Crippen LogP) is 3.92. The van der Waals surface area contributed by atoms with Crippen molar-refractivity contribution in [1.29, 1.82) is 0 Å². The highest BCUT2D eigenvalue weighted by Gasteiger charge is 2.34. The van der Waals surface area contributed by atoms with Gasteiger partial charge < -0.3 is 24.1 Å². The molecule has 0 radical (unpaired) electrons. The summed E-state index contributed by atoms with van der Waals surface area (Å²) in [4.78, 5) is 30.1. The number of hydrogen-bond acceptors (Lipinski definition) is 8. The predicted molar refractivity (Wildman–Crippen MR) is 145 cm³/mol. The highest BCUT2D eigenvalue weighted by molar-refractivity contribution is 5.89. The SMILES string of the molecule is COc1ccc(-c2nnn(CC(=O)N(Cc3ccco3)C(C(=O)NC3CCCC3)c3ccc(F)cc3)n2)cc1OC. The molecule has 5 rings (SSSR count). The molecule has 41 heavy (non-hydrogen) atoms. The monoisotopic (exact) mass is 562 g/mol. The van der Waals surface area contributed by atoms with Gasteiger partial charge >= 0.3 is 0 Å². The maximum absolute atomic E-state index is 13.9. The number of aromatic nitrogens is 4. The van der Waals surface area contributed by atoms with Gasteiger partial charge in [0.1, 0.15) is 24.2 Å². The third kappa shape index (κ3) is 6.53. The standard InChI is InChI=1S/C29H31FN6O5/c1-39-24-14-11-20(16-25(24)40-2)28-32-34-36(33-28)18-26(37)35(17-23-8-5-15-41-23)27(19-9-12-21(30)13-10-19)29(38)31-22-6-3-4-7-22/h5,8-16,22,27H,3-4,6-7,17-18H2,1-2H3,(H,31,38). The van der Waals surface area contributed by atoms with Crippen molar-refractivity contribution in [3.8, 4) is 22.9 Å². The number of amides is 2. The average Bonchev–Trinajstić information content (AvgIpc) is 3.77. The number of rotatable bonds is 11. The molecule has 0 bridgehead atoms. The zero-order valence-electron chi connectivity index (χ0n) is 22.8. The van der Waals surface area contributed by atoms with Crippen LogP contribution in [0.2, 0.25) is 0 Å². The Morgan fingerprint density at radius 2 is 1.85 bits per heavy atom. The van der Waals surface area contributed by atoms with E-state index in [1.165, 1.54) is 47.3 Å². The number of furan rings is 1. The first-order chi connectivity index (χ1) is 19.9. The number of hydrogen-bond donors (Lipinski definition) is 1. The zero-order valence-corrected chi connectivity index (χ0v) is 22.8. The maximum atomic E-state index is 13.9. The third-order valence-corrected chi connectivity index (χ3v) is 7.05. The first-order valence-electron chi connectivity index (χ1n) is 13.3. The van der Waals surface area contributed by atoms with Crippen LogP contribution in [0.15, 0.2) is 65.3 Å². The number of nitrogens with zero attached hydrogens (tertiary/aromatic N) is 5. The molecule has 11 nitrogen and oxygen atoms in total. The van der Waals surface area contributed by atoms with Crippen LogP contribution in [0.5, 0.6) is 11.5 Å². The molecule has 2 aromatic heterocycles. The van der Waals surface area contributed by atoms with Crippen molar-refractivity contribution in [2.75, 3.05) is 14.2 Å². The largest absolute Gasteiger partial charge is 0.493 e. The molecule has 2 heterocycles. The molecule has 12 heteroatoms. The lowest BCUT2D eigenvalue weighted by molar-refractivity contribution is -0.143. The summed E-state index contributed by atoms with van der Waals surface area (Å²) < 4.78 is 30.0. The number of benzene rings is 2. The molecule has 1 N–H and O–H groups in total. The Kier molecular flexibility index (Phi) is 8.56. The Labute approximate surface area is 236 Å². The van der Waals surface area contributed by atoms with Gasteiger partial charge in [0, 0.05) is 11.6 Å². The molecule has 4 aromatic rings. The van der Waals surface area contributed by atoms with E-state index < -0.39 is 17.8 Å². The summed E-state index contributed by atoms with van der Waals surface area (Å²) in [5.74, 6) is 0.575. The van der Waals surface area contributed by atoms with E-state index in [1.54, 1.807) is 37.4 Å². The molecule has 0 aliphatic heterocycles. The number of halogens is 1. The van der Waals surface area contributed by atoms with Crippen LogP contribution in [0.4, 0.5) is 4.39 Å². The zero-order chi connectivity index (χ0) is 28.8. The molecule has 1 atom stereocenters. The Morgan fingerprint density at radius 3 is 2.54 bits per heavy atom. The highest BCUT2D eigenvalue weighted by Crippen LogP contribution is 2.31. The molecule has 1 fully saturated rings. The average molecular weight is 563 g/mol. The molecule has 1 unspecified atom stereocenters. The topological polar surface area (TPSA) is 125 Å². The van der Waals surface area contributed by atoms with Gasteiger partial charge in [-0.15, -0.1) is 10.2 Å². The molecule has 214 valence electrons. The Hall–Kier alpha value is -4.74. The minimum absolute atomic E-state index is 0.00317. The molecule has 1 aliphatic rings. The number of carbonyl (C=O) groups excluding carboxylic acids is 2. The van der Waals surface area contributed by atoms with E-state index in [4.69, 9.17) is 13.9 Å². The lowest BCUT2D eigenvalue weighted by Crippen LogP contribution is -2.46. The number of carbonyl (C=O) groups is 2. The fourth-order valence-electron chi connectivity index (χ4n) is 4.97. The van der Waals surface area contributed by atoms with E-state index >= 15 is 0 Å². The number of tetrazole rings is 1. The molecule has 2 amide bonds. The second kappa shape index (κ2) is 12.6. The summed E-state index contributed by atoms with van der Waals surface area (Å²) in [5, 5.41) is 15.6. The third-order valence-electron chi connectivity index (χ3n) is 7.05. The van der Waals surface area contributed by atoms with E-state index in [-0.39, 0.29) is 30.9 Å². The van der Waals surface area contributed by atoms with Gasteiger partial charge in [-0.2, -0.15) is 4.80 Å². The summed E-state index contributed by atoms with van der Waals surface area (Å²) in [6.45, 7) is -0.293. The summed E-state index contributed by atoms with van der Waals surface area (Å²) in [5.41, 5.74) is 1.09. The summed E-state index contributed by atoms with van der Waals surface area (Å²) in [6.07, 6.45) is 5.30. The van der Waals surface area contributed by atoms with Crippen molar-refractivity contribution >= 4 is 11.8 Å². The first-order valence-corrected chi connectivity index (χ1v) is 13.3. The normalized spacial score (nSPS) is 14.0. The van der Waals surface area contributed by atoms with Gasteiger partial charge in [-0.05, 0) is 66.1 Å². The van der Waals surface area contributed by atoms with Crippen LogP contribution in [0.1, 0.15) is 43.0 Å². The van der Waals surface area contributed by atoms with Gasteiger partial charge in [0.25, 0.3) is 0 Å². The van der Waals surface area contributed by atoms with Crippen molar-refractivity contribution in [2.24, 2.45) is 0 Å². The van der Waals surface area contributed by atoms with E-state index in [0.29, 0.717) is 28.4 Å². The van der Waals surface area contributed by atoms with E-state index in [9.17, 15) is 14.0 Å². The van der Waals surface area contributed by atoms with Crippen molar-refractivity contribution in [3.05, 3.63) is 78.0 Å². The van der Waals surface area contributed by atoms with Crippen molar-refractivity contribution in [2.45, 2.75) is 50.9 Å². The number of methoxy groups -OCH3 is 2. The van der Waals surface area contributed by atoms with Crippen molar-refractivity contribution in [3.63, 3.8) is 0 Å². The Bertz CT molecular complexity index is 1470. The van der Waals surface area contributed by atoms with Gasteiger partial charge in [-0.3, -0.25) is 9.59 Å². The van der Waals surface area contributed by atoms with Gasteiger partial charge in [-0.1, -0.05) is 25.0 Å². The van der Waals surface area contributed by atoms with Gasteiger partial charge in [0.2, 0.25) is 17.6 Å². The maximum Gasteiger partial charge on any atom is 0.247 e. The molecule has 1 aliphatic carbocycles. The van der Waals surface area contributed by atoms with Gasteiger partial charge in [-0.25, -0.2) is 4.39 Å². The van der Waals surface area contributed by atoms with E-state index in [1.807, 2.05) is 0 Å². The lowest BCUT2D eigenvalue weighted by atomic mass is 10.0. The van der Waals surface area contributed by atoms with Crippen LogP contribution in [-0.4, -0.2) is 57.2 Å². The lowest BCUT2D eigenvalue weighted by Gasteiger charge is -2.31. The van der Waals surface area contributed by atoms with Crippen molar-refractivity contribution < 1.29 is 27.9 Å². The molecular formula is C29H31FN6O5. The van der Waals surface area contributed by atoms with Crippen LogP contribution >= 0.6 is 0 Å². The number of nitrogens with one attached hydrogen (secondary N) is 1. The molecule has 2 aromatic carbocycles. The van der Waals surface area contributed by atoms with E-state index in [0.717, 1.165) is 25.7 Å². The number of ether oxygens (including phenoxy) is 2. The first kappa shape index (κ1) is 27.8. The van der Waals surface area contributed by atoms with E-state index in [2.05, 4.69) is 20.7 Å². The van der Waals surface area contributed by atoms with Crippen molar-refractivity contribution in [1.82, 2.24) is 30.4 Å². The second-order valence-corrected chi connectivity index (χ2v) is 9.76. The molecular weight excluding hydrogens is 531 g/mol. The van der Waals surface area contributed by atoms with Gasteiger partial charge in [0.05, 0.1) is 27.0 Å². The second-order valence-electron chi connectivity index (χ2n) is 9.76. The molecule has 0 spiro atoms. The fourth-order valence-corrected chi connectivity index (χ4v) is 4.97. The van der Waals surface area contributed by atoms with Crippen LogP contribution in [0.25, 0.3) is 11.4 Å². The quantitative estimate of drug-likeness (QED) is 0.292. The Morgan fingerprint density at radius 1 is 1.10 bits per heavy atom. The van der Waals surface area contributed by atoms with Crippen LogP contribution < -0.4 is 14.8 Å². The minimum Gasteiger partial charge on any atom is -0.493 e. The Balaban J connectivity index is 1.43. The fraction of sp³-hybridized carbons (Fsp3) is 0.345. The highest BCUT2D eigenvalue weighted by atomic mass is 19.1. The van der Waals surface area contributed by atoms with Gasteiger partial charge in [0.15, 0.2) is 11.5 Å². The van der Waals surface area contributed by atoms with Crippen LogP contribution in [-0.2, 0) is 22.7 Å². The smallest absolute Gasteiger partial charge is 0.247 e. The molecule has 1 saturated carbocycles. The van der Waals surface area contributed by atoms with Crippen LogP contribution in [0, 0.1) is 5.82 Å². The summed E-state index contributed by atoms with van der Waals surface area (Å²) in [7, 11) is 3.07. The van der Waals surface area contributed by atoms with Crippen LogP contribution in [0.3, 0.4) is 0 Å².